The van der Waals surface area contributed by atoms with Crippen LogP contribution in [0.1, 0.15) is 49.7 Å². The normalized spacial score (nSPS) is 15.4. The van der Waals surface area contributed by atoms with Gasteiger partial charge in [0.2, 0.25) is 23.8 Å². The first-order chi connectivity index (χ1) is 59.4. The Kier molecular flexibility index (Phi) is 25.0. The van der Waals surface area contributed by atoms with Gasteiger partial charge in [0.1, 0.15) is 75.6 Å². The Morgan fingerprint density at radius 3 is 1.36 bits per heavy atom. The van der Waals surface area contributed by atoms with Crippen molar-refractivity contribution < 1.29 is 23.3 Å². The van der Waals surface area contributed by atoms with E-state index in [0.29, 0.717) is 50.8 Å². The summed E-state index contributed by atoms with van der Waals surface area (Å²) >= 11 is 9.50. The van der Waals surface area contributed by atoms with Crippen LogP contribution in [0, 0.1) is 30.5 Å². The second-order valence-electron chi connectivity index (χ2n) is 28.9. The number of aromatic nitrogens is 16. The second-order valence-corrected chi connectivity index (χ2v) is 31.1. The maximum Gasteiger partial charge on any atom is 0.227 e. The molecule has 4 fully saturated rings. The highest BCUT2D eigenvalue weighted by molar-refractivity contribution is 7.13. The molecule has 4 saturated heterocycles. The van der Waals surface area contributed by atoms with Crippen LogP contribution in [0.25, 0.3) is 87.5 Å². The number of rotatable bonds is 20. The van der Waals surface area contributed by atoms with Gasteiger partial charge >= 0.3 is 0 Å². The van der Waals surface area contributed by atoms with Crippen molar-refractivity contribution in [1.82, 2.24) is 101 Å². The Bertz CT molecular complexity index is 6140. The molecule has 20 rings (SSSR count). The smallest absolute Gasteiger partial charge is 0.227 e. The van der Waals surface area contributed by atoms with E-state index in [1.54, 1.807) is 47.2 Å². The molecule has 121 heavy (non-hydrogen) atoms. The van der Waals surface area contributed by atoms with Crippen molar-refractivity contribution in [3.05, 3.63) is 228 Å². The van der Waals surface area contributed by atoms with Crippen LogP contribution >= 0.6 is 34.3 Å². The summed E-state index contributed by atoms with van der Waals surface area (Å²) in [6.45, 7) is 7.71. The highest BCUT2D eigenvalue weighted by Crippen LogP contribution is 2.40. The fourth-order valence-electron chi connectivity index (χ4n) is 14.1. The summed E-state index contributed by atoms with van der Waals surface area (Å²) in [6, 6.07) is 45.8. The number of benzene rings is 8. The van der Waals surface area contributed by atoms with Gasteiger partial charge in [-0.15, -0.1) is 35.5 Å². The molecule has 4 aliphatic heterocycles. The van der Waals surface area contributed by atoms with Gasteiger partial charge in [-0.05, 0) is 181 Å². The standard InChI is InChI=1S/C25H24N8OS.C24H22N8OS.C20H17ClN4O.C20H17FN4O/c1-33-9-6-19(7-10-33)34-22-13-21-17(12-20(22)24-26-8-11-35-24)14-27-25(31-21)30-18-4-2-16(3-5-18)23-28-15-29-32-23;1-3-17(4-2-15(1)22-28-14-29-32-22)30-24-27-13-16-11-19(23-26-9-10-34-23)21(12-20(16)31-24)33-18-5-7-25-8-6-18;2*1-2-13-8-14-11-23-20(25-19(14)18(21)9-13)24-15-4-3-5-16(10-15)26-17-6-7-22-12-17/h2-5,8,11-15,19H,6-7,9-10H2,1H3,(H,27,30,31)(H,28,29,32);1-4,9-14,18,25H,5-8H2,(H,27,30,31)(H,28,29,32);2*1,3-5,8-11,17,22H,6-7,12H2,(H,23,24,25)/t;;2*17-/m..11/s1. The van der Waals surface area contributed by atoms with Crippen LogP contribution in [0.3, 0.4) is 0 Å². The van der Waals surface area contributed by atoms with Crippen LogP contribution < -0.4 is 56.2 Å². The zero-order valence-corrected chi connectivity index (χ0v) is 67.8. The summed E-state index contributed by atoms with van der Waals surface area (Å²) in [5, 5.41) is 45.9. The summed E-state index contributed by atoms with van der Waals surface area (Å²) < 4.78 is 39.1. The number of fused-ring (bicyclic) bond motifs is 4. The molecule has 0 spiro atoms. The summed E-state index contributed by atoms with van der Waals surface area (Å²) in [4.78, 5) is 55.7. The van der Waals surface area contributed by atoms with E-state index in [1.165, 1.54) is 18.7 Å². The van der Waals surface area contributed by atoms with Gasteiger partial charge in [-0.1, -0.05) is 35.6 Å². The molecule has 0 aliphatic carbocycles. The maximum absolute atomic E-state index is 14.2. The van der Waals surface area contributed by atoms with Crippen molar-refractivity contribution in [3.63, 3.8) is 0 Å². The molecule has 9 N–H and O–H groups in total. The minimum absolute atomic E-state index is 0.180. The molecule has 8 aromatic heterocycles. The maximum atomic E-state index is 14.2. The van der Waals surface area contributed by atoms with Crippen molar-refractivity contribution >= 4 is 124 Å². The number of ether oxygens (including phenoxy) is 4. The predicted octanol–water partition coefficient (Wildman–Crippen LogP) is 16.2. The van der Waals surface area contributed by atoms with Gasteiger partial charge in [-0.25, -0.2) is 64.2 Å². The monoisotopic (exact) mass is 1670 g/mol. The summed E-state index contributed by atoms with van der Waals surface area (Å²) in [5.74, 6) is 11.0. The highest BCUT2D eigenvalue weighted by atomic mass is 35.5. The van der Waals surface area contributed by atoms with Crippen molar-refractivity contribution in [3.8, 4) is 91.6 Å². The number of hydrogen-bond acceptors (Lipinski definition) is 28. The molecule has 0 saturated carbocycles. The van der Waals surface area contributed by atoms with E-state index in [-0.39, 0.29) is 29.9 Å². The van der Waals surface area contributed by atoms with Crippen molar-refractivity contribution in [2.45, 2.75) is 62.9 Å². The van der Waals surface area contributed by atoms with Gasteiger partial charge in [0, 0.05) is 165 Å². The number of halogens is 2. The lowest BCUT2D eigenvalue weighted by molar-refractivity contribution is 0.115. The fourth-order valence-corrected chi connectivity index (χ4v) is 15.7. The number of aromatic amines is 2. The molecule has 2 atom stereocenters. The van der Waals surface area contributed by atoms with E-state index in [4.69, 9.17) is 53.4 Å². The first-order valence-electron chi connectivity index (χ1n) is 39.4. The molecule has 0 amide bonds. The number of nitrogens with one attached hydrogen (secondary N) is 9. The molecular formula is C89H80ClFN24O4S2. The molecule has 12 heterocycles. The average molecular weight is 1670 g/mol. The van der Waals surface area contributed by atoms with Crippen LogP contribution in [-0.4, -0.2) is 169 Å². The lowest BCUT2D eigenvalue weighted by Crippen LogP contribution is -2.35. The topological polar surface area (TPSA) is 336 Å². The number of terminal acetylenes is 2. The largest absolute Gasteiger partial charge is 0.490 e. The number of piperidine rings is 2. The van der Waals surface area contributed by atoms with Gasteiger partial charge in [-0.3, -0.25) is 10.2 Å². The second kappa shape index (κ2) is 37.9. The molecule has 606 valence electrons. The zero-order valence-electron chi connectivity index (χ0n) is 65.4. The zero-order chi connectivity index (χ0) is 82.2. The molecule has 4 aliphatic rings. The number of nitrogens with zero attached hydrogens (tertiary/aromatic N) is 15. The van der Waals surface area contributed by atoms with Gasteiger partial charge in [-0.2, -0.15) is 10.2 Å². The van der Waals surface area contributed by atoms with Crippen molar-refractivity contribution in [1.29, 1.82) is 0 Å². The SMILES string of the molecule is C#Cc1cc(Cl)c2nc(Nc3cccc(O[C@@H]4CCNC4)c3)ncc2c1.C#Cc1cc(F)c2nc(Nc3cccc(O[C@@H]4CCNC4)c3)ncc2c1.CN1CCC(Oc2cc3nc(Nc4ccc(-c5ncn[nH]5)cc4)ncc3cc2-c2nccs2)CC1.c1n[nH]c(-c2ccc(Nc3ncc4cc(-c5nccs5)c(OC5CCNCC5)cc4n3)cc2)n1. The van der Waals surface area contributed by atoms with E-state index in [1.807, 2.05) is 151 Å². The Hall–Kier alpha value is -13.8. The first-order valence-corrected chi connectivity index (χ1v) is 41.5. The van der Waals surface area contributed by atoms with Crippen LogP contribution in [0.4, 0.5) is 50.9 Å². The first kappa shape index (κ1) is 79.7. The molecule has 0 bridgehead atoms. The van der Waals surface area contributed by atoms with E-state index in [9.17, 15) is 4.39 Å². The van der Waals surface area contributed by atoms with Crippen LogP contribution in [0.15, 0.2) is 206 Å². The number of anilines is 8. The van der Waals surface area contributed by atoms with Crippen LogP contribution in [0.5, 0.6) is 23.0 Å². The predicted molar refractivity (Wildman–Crippen MR) is 472 cm³/mol. The molecular weight excluding hydrogens is 1590 g/mol. The van der Waals surface area contributed by atoms with Gasteiger partial charge in [0.05, 0.1) is 32.7 Å². The highest BCUT2D eigenvalue weighted by Gasteiger charge is 2.25. The number of hydrogen-bond donors (Lipinski definition) is 9. The van der Waals surface area contributed by atoms with Crippen LogP contribution in [0.2, 0.25) is 5.02 Å². The number of thiazole rings is 2. The third-order valence-corrected chi connectivity index (χ3v) is 22.2. The third-order valence-electron chi connectivity index (χ3n) is 20.3. The summed E-state index contributed by atoms with van der Waals surface area (Å²) in [7, 11) is 2.15. The van der Waals surface area contributed by atoms with E-state index >= 15 is 0 Å². The van der Waals surface area contributed by atoms with Crippen molar-refractivity contribution in [2.24, 2.45) is 0 Å². The van der Waals surface area contributed by atoms with Gasteiger partial charge < -0.3 is 61.1 Å². The quantitative estimate of drug-likeness (QED) is 0.0320. The Morgan fingerprint density at radius 1 is 0.455 bits per heavy atom. The number of likely N-dealkylation sites (tertiary alicyclic amines) is 1. The summed E-state index contributed by atoms with van der Waals surface area (Å²) in [5.41, 5.74) is 11.0. The summed E-state index contributed by atoms with van der Waals surface area (Å²) in [6.07, 6.45) is 31.1. The molecule has 0 unspecified atom stereocenters. The van der Waals surface area contributed by atoms with Gasteiger partial charge in [0.25, 0.3) is 0 Å². The number of H-pyrrole nitrogens is 2. The van der Waals surface area contributed by atoms with Gasteiger partial charge in [0.15, 0.2) is 17.5 Å². The lowest BCUT2D eigenvalue weighted by atomic mass is 10.1. The molecule has 16 aromatic rings. The Labute approximate surface area is 707 Å². The minimum Gasteiger partial charge on any atom is -0.490 e. The van der Waals surface area contributed by atoms with Crippen LogP contribution in [-0.2, 0) is 0 Å². The Morgan fingerprint density at radius 2 is 0.901 bits per heavy atom. The van der Waals surface area contributed by atoms with Crippen molar-refractivity contribution in [2.75, 3.05) is 80.7 Å². The lowest BCUT2D eigenvalue weighted by Gasteiger charge is -2.29. The molecule has 8 aromatic carbocycles. The third kappa shape index (κ3) is 20.3. The molecule has 32 heteroatoms. The fraction of sp³-hybridized carbons (Fsp3) is 0.213. The molecule has 28 nitrogen and oxygen atoms in total. The molecule has 0 radical (unpaired) electrons. The van der Waals surface area contributed by atoms with E-state index in [0.717, 1.165) is 208 Å². The van der Waals surface area contributed by atoms with E-state index in [2.05, 4.69) is 143 Å². The average Bonchev–Trinajstić information content (AvgIpc) is 1.79. The Balaban J connectivity index is 0.000000116. The van der Waals surface area contributed by atoms with E-state index < -0.39 is 5.82 Å². The minimum atomic E-state index is -0.466.